The molecular formula is C28H28N4OS. The fraction of sp³-hybridized carbons (Fsp3) is 0.214. The SMILES string of the molecule is CCOc1ccc(-n2cccc2C2C(c3ccccn3)NC(=S)N2c2ccc(C)c(C)c2)cc1. The normalized spacial score (nSPS) is 17.6. The molecule has 6 heteroatoms. The molecule has 1 fully saturated rings. The molecule has 0 radical (unpaired) electrons. The highest BCUT2D eigenvalue weighted by Gasteiger charge is 2.42. The van der Waals surface area contributed by atoms with Gasteiger partial charge in [-0.15, -0.1) is 0 Å². The van der Waals surface area contributed by atoms with E-state index in [4.69, 9.17) is 17.0 Å². The standard InChI is InChI=1S/C28H28N4OS/c1-4-33-23-14-12-21(13-15-23)31-17-7-9-25(31)27-26(24-8-5-6-16-29-24)30-28(34)32(27)22-11-10-19(2)20(3)18-22/h5-18,26-27H,4H2,1-3H3,(H,30,34). The van der Waals surface area contributed by atoms with Gasteiger partial charge in [0, 0.05) is 29.5 Å². The molecule has 0 spiro atoms. The average Bonchev–Trinajstić information content (AvgIpc) is 3.46. The highest BCUT2D eigenvalue weighted by Crippen LogP contribution is 2.42. The second-order valence-corrected chi connectivity index (χ2v) is 8.88. The largest absolute Gasteiger partial charge is 0.494 e. The zero-order chi connectivity index (χ0) is 23.7. The van der Waals surface area contributed by atoms with Gasteiger partial charge in [-0.3, -0.25) is 4.98 Å². The molecule has 1 aliphatic rings. The van der Waals surface area contributed by atoms with E-state index < -0.39 is 0 Å². The van der Waals surface area contributed by atoms with Gasteiger partial charge in [0.25, 0.3) is 0 Å². The summed E-state index contributed by atoms with van der Waals surface area (Å²) in [5.41, 5.74) is 6.73. The molecule has 1 saturated heterocycles. The van der Waals surface area contributed by atoms with Gasteiger partial charge in [-0.25, -0.2) is 0 Å². The fourth-order valence-corrected chi connectivity index (χ4v) is 4.89. The molecule has 2 atom stereocenters. The molecule has 1 N–H and O–H groups in total. The van der Waals surface area contributed by atoms with E-state index in [9.17, 15) is 0 Å². The van der Waals surface area contributed by atoms with E-state index in [0.717, 1.165) is 28.5 Å². The minimum Gasteiger partial charge on any atom is -0.494 e. The Hall–Kier alpha value is -3.64. The summed E-state index contributed by atoms with van der Waals surface area (Å²) in [7, 11) is 0. The van der Waals surface area contributed by atoms with Crippen LogP contribution in [0.3, 0.4) is 0 Å². The zero-order valence-electron chi connectivity index (χ0n) is 19.6. The summed E-state index contributed by atoms with van der Waals surface area (Å²) in [6, 6.07) is 24.8. The van der Waals surface area contributed by atoms with Crippen molar-refractivity contribution in [2.24, 2.45) is 0 Å². The van der Waals surface area contributed by atoms with E-state index in [1.165, 1.54) is 11.1 Å². The highest BCUT2D eigenvalue weighted by molar-refractivity contribution is 7.80. The van der Waals surface area contributed by atoms with Gasteiger partial charge in [-0.2, -0.15) is 0 Å². The summed E-state index contributed by atoms with van der Waals surface area (Å²) in [6.45, 7) is 6.91. The van der Waals surface area contributed by atoms with Gasteiger partial charge < -0.3 is 19.5 Å². The molecule has 0 saturated carbocycles. The first-order chi connectivity index (χ1) is 16.6. The molecule has 0 amide bonds. The van der Waals surface area contributed by atoms with Crippen molar-refractivity contribution in [1.29, 1.82) is 0 Å². The van der Waals surface area contributed by atoms with E-state index in [0.29, 0.717) is 11.7 Å². The predicted molar refractivity (Wildman–Crippen MR) is 141 cm³/mol. The molecule has 2 aromatic heterocycles. The lowest BCUT2D eigenvalue weighted by Crippen LogP contribution is -2.30. The van der Waals surface area contributed by atoms with Crippen LogP contribution in [0, 0.1) is 13.8 Å². The van der Waals surface area contributed by atoms with Crippen LogP contribution in [0.5, 0.6) is 5.75 Å². The number of pyridine rings is 1. The van der Waals surface area contributed by atoms with Gasteiger partial charge >= 0.3 is 0 Å². The van der Waals surface area contributed by atoms with Crippen LogP contribution in [0.1, 0.15) is 41.5 Å². The first-order valence-electron chi connectivity index (χ1n) is 11.5. The van der Waals surface area contributed by atoms with Gasteiger partial charge in [0.2, 0.25) is 0 Å². The molecule has 0 aliphatic carbocycles. The van der Waals surface area contributed by atoms with Crippen LogP contribution in [0.25, 0.3) is 5.69 Å². The Labute approximate surface area is 206 Å². The van der Waals surface area contributed by atoms with Crippen molar-refractivity contribution >= 4 is 23.0 Å². The number of thiocarbonyl (C=S) groups is 1. The number of hydrogen-bond acceptors (Lipinski definition) is 3. The summed E-state index contributed by atoms with van der Waals surface area (Å²) in [4.78, 5) is 6.90. The second-order valence-electron chi connectivity index (χ2n) is 8.50. The Morgan fingerprint density at radius 2 is 1.74 bits per heavy atom. The zero-order valence-corrected chi connectivity index (χ0v) is 20.4. The number of nitrogens with one attached hydrogen (secondary N) is 1. The third-order valence-electron chi connectivity index (χ3n) is 6.38. The predicted octanol–water partition coefficient (Wildman–Crippen LogP) is 6.06. The van der Waals surface area contributed by atoms with Crippen LogP contribution in [-0.4, -0.2) is 21.3 Å². The monoisotopic (exact) mass is 468 g/mol. The molecule has 34 heavy (non-hydrogen) atoms. The van der Waals surface area contributed by atoms with Crippen molar-refractivity contribution in [2.75, 3.05) is 11.5 Å². The lowest BCUT2D eigenvalue weighted by atomic mass is 10.00. The maximum atomic E-state index is 5.89. The first-order valence-corrected chi connectivity index (χ1v) is 12.0. The van der Waals surface area contributed by atoms with Gasteiger partial charge in [0.1, 0.15) is 11.8 Å². The molecule has 5 nitrogen and oxygen atoms in total. The summed E-state index contributed by atoms with van der Waals surface area (Å²) >= 11 is 5.89. The summed E-state index contributed by atoms with van der Waals surface area (Å²) in [5, 5.41) is 4.25. The number of rotatable bonds is 6. The lowest BCUT2D eigenvalue weighted by molar-refractivity contribution is 0.340. The molecular weight excluding hydrogens is 440 g/mol. The number of ether oxygens (including phenoxy) is 1. The maximum Gasteiger partial charge on any atom is 0.174 e. The minimum atomic E-state index is -0.0911. The Kier molecular flexibility index (Phi) is 6.07. The number of aryl methyl sites for hydroxylation is 2. The Morgan fingerprint density at radius 3 is 2.44 bits per heavy atom. The van der Waals surface area contributed by atoms with Crippen molar-refractivity contribution < 1.29 is 4.74 Å². The van der Waals surface area contributed by atoms with E-state index in [2.05, 4.69) is 88.3 Å². The molecule has 172 valence electrons. The summed E-state index contributed by atoms with van der Waals surface area (Å²) in [6.07, 6.45) is 3.93. The van der Waals surface area contributed by atoms with Gasteiger partial charge in [0.05, 0.1) is 18.3 Å². The van der Waals surface area contributed by atoms with Crippen LogP contribution in [0.4, 0.5) is 5.69 Å². The van der Waals surface area contributed by atoms with Gasteiger partial charge in [-0.05, 0) is 105 Å². The van der Waals surface area contributed by atoms with E-state index in [-0.39, 0.29) is 12.1 Å². The Bertz CT molecular complexity index is 1300. The molecule has 0 bridgehead atoms. The third kappa shape index (κ3) is 4.05. The smallest absolute Gasteiger partial charge is 0.174 e. The quantitative estimate of drug-likeness (QED) is 0.348. The maximum absolute atomic E-state index is 5.89. The summed E-state index contributed by atoms with van der Waals surface area (Å²) < 4.78 is 7.86. The van der Waals surface area contributed by atoms with Crippen LogP contribution < -0.4 is 15.0 Å². The van der Waals surface area contributed by atoms with Crippen molar-refractivity contribution in [3.05, 3.63) is 108 Å². The molecule has 3 heterocycles. The Balaban J connectivity index is 1.62. The molecule has 2 unspecified atom stereocenters. The number of benzene rings is 2. The van der Waals surface area contributed by atoms with Crippen molar-refractivity contribution in [3.63, 3.8) is 0 Å². The number of nitrogens with zero attached hydrogens (tertiary/aromatic N) is 3. The van der Waals surface area contributed by atoms with Crippen molar-refractivity contribution in [3.8, 4) is 11.4 Å². The van der Waals surface area contributed by atoms with Crippen LogP contribution in [0.15, 0.2) is 85.2 Å². The number of hydrogen-bond donors (Lipinski definition) is 1. The van der Waals surface area contributed by atoms with Crippen LogP contribution >= 0.6 is 12.2 Å². The molecule has 2 aromatic carbocycles. The lowest BCUT2D eigenvalue weighted by Gasteiger charge is -2.29. The molecule has 5 rings (SSSR count). The first kappa shape index (κ1) is 22.2. The number of aromatic nitrogens is 2. The van der Waals surface area contributed by atoms with E-state index in [1.54, 1.807) is 0 Å². The summed E-state index contributed by atoms with van der Waals surface area (Å²) in [5.74, 6) is 0.867. The Morgan fingerprint density at radius 1 is 0.941 bits per heavy atom. The van der Waals surface area contributed by atoms with Gasteiger partial charge in [0.15, 0.2) is 5.11 Å². The van der Waals surface area contributed by atoms with Crippen molar-refractivity contribution in [1.82, 2.24) is 14.9 Å². The highest BCUT2D eigenvalue weighted by atomic mass is 32.1. The molecule has 4 aromatic rings. The van der Waals surface area contributed by atoms with E-state index in [1.807, 2.05) is 37.4 Å². The third-order valence-corrected chi connectivity index (χ3v) is 6.69. The topological polar surface area (TPSA) is 42.3 Å². The van der Waals surface area contributed by atoms with E-state index >= 15 is 0 Å². The van der Waals surface area contributed by atoms with Crippen molar-refractivity contribution in [2.45, 2.75) is 32.9 Å². The van der Waals surface area contributed by atoms with Crippen LogP contribution in [0.2, 0.25) is 0 Å². The van der Waals surface area contributed by atoms with Crippen LogP contribution in [-0.2, 0) is 0 Å². The minimum absolute atomic E-state index is 0.0777. The molecule has 1 aliphatic heterocycles. The van der Waals surface area contributed by atoms with Gasteiger partial charge in [-0.1, -0.05) is 12.1 Å². The average molecular weight is 469 g/mol. The second kappa shape index (κ2) is 9.31. The fourth-order valence-electron chi connectivity index (χ4n) is 4.55. The number of anilines is 1.